The van der Waals surface area contributed by atoms with Gasteiger partial charge in [0.05, 0.1) is 12.0 Å². The summed E-state index contributed by atoms with van der Waals surface area (Å²) in [7, 11) is 0. The molecule has 1 amide bonds. The molecule has 0 aromatic heterocycles. The molecule has 0 unspecified atom stereocenters. The van der Waals surface area contributed by atoms with Crippen LogP contribution in [0.3, 0.4) is 0 Å². The molecule has 0 saturated heterocycles. The van der Waals surface area contributed by atoms with E-state index in [0.29, 0.717) is 0 Å². The highest BCUT2D eigenvalue weighted by molar-refractivity contribution is 9.10. The molecule has 25 heavy (non-hydrogen) atoms. The van der Waals surface area contributed by atoms with Gasteiger partial charge in [0.1, 0.15) is 0 Å². The maximum Gasteiger partial charge on any atom is 0.232 e. The van der Waals surface area contributed by atoms with Crippen molar-refractivity contribution in [2.75, 3.05) is 0 Å². The van der Waals surface area contributed by atoms with Crippen molar-refractivity contribution in [3.63, 3.8) is 0 Å². The van der Waals surface area contributed by atoms with E-state index < -0.39 is 0 Å². The van der Waals surface area contributed by atoms with Crippen LogP contribution in [-0.2, 0) is 4.79 Å². The second kappa shape index (κ2) is 8.13. The molecule has 1 N–H and O–H groups in total. The van der Waals surface area contributed by atoms with Crippen LogP contribution < -0.4 is 5.32 Å². The van der Waals surface area contributed by atoms with Gasteiger partial charge < -0.3 is 5.32 Å². The second-order valence-corrected chi connectivity index (χ2v) is 6.95. The minimum atomic E-state index is -0.319. The van der Waals surface area contributed by atoms with Crippen molar-refractivity contribution < 1.29 is 4.79 Å². The highest BCUT2D eigenvalue weighted by Gasteiger charge is 2.24. The summed E-state index contributed by atoms with van der Waals surface area (Å²) in [6.45, 7) is 2.01. The molecule has 1 atom stereocenters. The largest absolute Gasteiger partial charge is 0.349 e. The van der Waals surface area contributed by atoms with Crippen molar-refractivity contribution in [3.05, 3.63) is 106 Å². The van der Waals surface area contributed by atoms with E-state index in [-0.39, 0.29) is 17.9 Å². The molecule has 0 fully saturated rings. The van der Waals surface area contributed by atoms with Gasteiger partial charge in [-0.1, -0.05) is 88.7 Å². The van der Waals surface area contributed by atoms with E-state index in [1.165, 1.54) is 0 Å². The lowest BCUT2D eigenvalue weighted by molar-refractivity contribution is -0.122. The summed E-state index contributed by atoms with van der Waals surface area (Å²) in [6, 6.07) is 27.8. The molecule has 0 aliphatic carbocycles. The minimum Gasteiger partial charge on any atom is -0.349 e. The van der Waals surface area contributed by atoms with E-state index in [1.807, 2.05) is 91.9 Å². The number of rotatable bonds is 5. The lowest BCUT2D eigenvalue weighted by Gasteiger charge is -2.21. The van der Waals surface area contributed by atoms with E-state index in [4.69, 9.17) is 0 Å². The lowest BCUT2D eigenvalue weighted by Crippen LogP contribution is -2.32. The Morgan fingerprint density at radius 1 is 0.760 bits per heavy atom. The number of nitrogens with one attached hydrogen (secondary N) is 1. The Balaban J connectivity index is 1.86. The topological polar surface area (TPSA) is 29.1 Å². The molecule has 0 heterocycles. The maximum atomic E-state index is 13.1. The van der Waals surface area contributed by atoms with Crippen LogP contribution in [-0.4, -0.2) is 5.91 Å². The molecule has 3 heteroatoms. The van der Waals surface area contributed by atoms with Gasteiger partial charge in [-0.3, -0.25) is 4.79 Å². The van der Waals surface area contributed by atoms with E-state index in [9.17, 15) is 4.79 Å². The van der Waals surface area contributed by atoms with Gasteiger partial charge in [-0.2, -0.15) is 0 Å². The third kappa shape index (κ3) is 4.37. The Labute approximate surface area is 157 Å². The van der Waals surface area contributed by atoms with Gasteiger partial charge >= 0.3 is 0 Å². The van der Waals surface area contributed by atoms with Gasteiger partial charge in [-0.25, -0.2) is 0 Å². The van der Waals surface area contributed by atoms with Crippen molar-refractivity contribution in [2.24, 2.45) is 0 Å². The van der Waals surface area contributed by atoms with Gasteiger partial charge in [0.25, 0.3) is 0 Å². The molecule has 3 aromatic carbocycles. The monoisotopic (exact) mass is 393 g/mol. The second-order valence-electron chi connectivity index (χ2n) is 6.04. The number of amides is 1. The average Bonchev–Trinajstić information content (AvgIpc) is 2.64. The Bertz CT molecular complexity index is 776. The Morgan fingerprint density at radius 2 is 1.24 bits per heavy atom. The number of halogens is 1. The fourth-order valence-electron chi connectivity index (χ4n) is 2.92. The molecule has 0 radical (unpaired) electrons. The molecule has 2 nitrogen and oxygen atoms in total. The molecule has 0 spiro atoms. The first-order valence-corrected chi connectivity index (χ1v) is 9.10. The summed E-state index contributed by atoms with van der Waals surface area (Å²) in [5.41, 5.74) is 3.07. The molecule has 3 aromatic rings. The summed E-state index contributed by atoms with van der Waals surface area (Å²) < 4.78 is 1.03. The Hall–Kier alpha value is -2.39. The van der Waals surface area contributed by atoms with Crippen LogP contribution in [0, 0.1) is 0 Å². The molecule has 3 rings (SSSR count). The standard InChI is InChI=1S/C22H20BrNO/c1-16(17-12-14-20(23)15-13-17)24-22(25)21(18-8-4-2-5-9-18)19-10-6-3-7-11-19/h2-16,21H,1H3,(H,24,25)/t16-/m0/s1. The Kier molecular flexibility index (Phi) is 5.67. The third-order valence-electron chi connectivity index (χ3n) is 4.26. The minimum absolute atomic E-state index is 0.00724. The van der Waals surface area contributed by atoms with Crippen LogP contribution in [0.4, 0.5) is 0 Å². The fourth-order valence-corrected chi connectivity index (χ4v) is 3.18. The van der Waals surface area contributed by atoms with Gasteiger partial charge in [-0.05, 0) is 35.7 Å². The van der Waals surface area contributed by atoms with Crippen LogP contribution in [0.15, 0.2) is 89.4 Å². The molecule has 0 bridgehead atoms. The van der Waals surface area contributed by atoms with Gasteiger partial charge in [-0.15, -0.1) is 0 Å². The first kappa shape index (κ1) is 17.4. The zero-order valence-corrected chi connectivity index (χ0v) is 15.6. The highest BCUT2D eigenvalue weighted by Crippen LogP contribution is 2.26. The summed E-state index contributed by atoms with van der Waals surface area (Å²) in [5.74, 6) is -0.312. The summed E-state index contributed by atoms with van der Waals surface area (Å²) in [5, 5.41) is 3.16. The molecule has 126 valence electrons. The molecular formula is C22H20BrNO. The smallest absolute Gasteiger partial charge is 0.232 e. The van der Waals surface area contributed by atoms with Crippen molar-refractivity contribution in [1.29, 1.82) is 0 Å². The van der Waals surface area contributed by atoms with Gasteiger partial charge in [0.15, 0.2) is 0 Å². The van der Waals surface area contributed by atoms with Crippen molar-refractivity contribution >= 4 is 21.8 Å². The van der Waals surface area contributed by atoms with E-state index in [2.05, 4.69) is 21.2 Å². The predicted molar refractivity (Wildman–Crippen MR) is 105 cm³/mol. The molecule has 0 aliphatic rings. The van der Waals surface area contributed by atoms with Gasteiger partial charge in [0, 0.05) is 4.47 Å². The summed E-state index contributed by atoms with van der Waals surface area (Å²) >= 11 is 3.44. The van der Waals surface area contributed by atoms with Crippen LogP contribution in [0.25, 0.3) is 0 Å². The zero-order valence-electron chi connectivity index (χ0n) is 14.0. The maximum absolute atomic E-state index is 13.1. The normalized spacial score (nSPS) is 12.0. The molecule has 0 saturated carbocycles. The van der Waals surface area contributed by atoms with Crippen molar-refractivity contribution in [1.82, 2.24) is 5.32 Å². The summed E-state index contributed by atoms with van der Waals surface area (Å²) in [4.78, 5) is 13.1. The summed E-state index contributed by atoms with van der Waals surface area (Å²) in [6.07, 6.45) is 0. The number of hydrogen-bond donors (Lipinski definition) is 1. The van der Waals surface area contributed by atoms with Gasteiger partial charge in [0.2, 0.25) is 5.91 Å². The number of carbonyl (C=O) groups excluding carboxylic acids is 1. The third-order valence-corrected chi connectivity index (χ3v) is 4.79. The number of hydrogen-bond acceptors (Lipinski definition) is 1. The predicted octanol–water partition coefficient (Wildman–Crippen LogP) is 5.46. The number of benzene rings is 3. The lowest BCUT2D eigenvalue weighted by atomic mass is 9.90. The first-order valence-electron chi connectivity index (χ1n) is 8.31. The molecule has 0 aliphatic heterocycles. The van der Waals surface area contributed by atoms with Crippen molar-refractivity contribution in [3.8, 4) is 0 Å². The highest BCUT2D eigenvalue weighted by atomic mass is 79.9. The fraction of sp³-hybridized carbons (Fsp3) is 0.136. The first-order chi connectivity index (χ1) is 12.1. The van der Waals surface area contributed by atoms with Crippen molar-refractivity contribution in [2.45, 2.75) is 18.9 Å². The van der Waals surface area contributed by atoms with Crippen LogP contribution in [0.1, 0.15) is 35.6 Å². The molecular weight excluding hydrogens is 374 g/mol. The van der Waals surface area contributed by atoms with Crippen LogP contribution in [0.5, 0.6) is 0 Å². The van der Waals surface area contributed by atoms with E-state index >= 15 is 0 Å². The van der Waals surface area contributed by atoms with E-state index in [1.54, 1.807) is 0 Å². The number of carbonyl (C=O) groups is 1. The zero-order chi connectivity index (χ0) is 17.6. The quantitative estimate of drug-likeness (QED) is 0.612. The average molecular weight is 394 g/mol. The Morgan fingerprint density at radius 3 is 1.72 bits per heavy atom. The van der Waals surface area contributed by atoms with E-state index in [0.717, 1.165) is 21.2 Å². The SMILES string of the molecule is C[C@H](NC(=O)C(c1ccccc1)c1ccccc1)c1ccc(Br)cc1. The van der Waals surface area contributed by atoms with Crippen LogP contribution >= 0.6 is 15.9 Å². The van der Waals surface area contributed by atoms with Crippen LogP contribution in [0.2, 0.25) is 0 Å².